The Labute approximate surface area is 211 Å². The highest BCUT2D eigenvalue weighted by atomic mass is 79.9. The average molecular weight is 547 g/mol. The first-order valence-corrected chi connectivity index (χ1v) is 13.0. The van der Waals surface area contributed by atoms with Crippen molar-refractivity contribution in [2.45, 2.75) is 32.1 Å². The van der Waals surface area contributed by atoms with Crippen molar-refractivity contribution in [3.05, 3.63) is 47.1 Å². The number of ether oxygens (including phenoxy) is 4. The lowest BCUT2D eigenvalue weighted by Gasteiger charge is -2.23. The van der Waals surface area contributed by atoms with Crippen molar-refractivity contribution in [2.24, 2.45) is 5.92 Å². The van der Waals surface area contributed by atoms with Crippen molar-refractivity contribution in [1.82, 2.24) is 4.98 Å². The third-order valence-corrected chi connectivity index (χ3v) is 6.74. The zero-order chi connectivity index (χ0) is 23.5. The number of carbonyl (C=O) groups is 1. The van der Waals surface area contributed by atoms with Gasteiger partial charge >= 0.3 is 0 Å². The molecule has 0 N–H and O–H groups in total. The lowest BCUT2D eigenvalue weighted by molar-refractivity contribution is -0.118. The van der Waals surface area contributed by atoms with E-state index in [9.17, 15) is 4.79 Å². The molecule has 0 unspecified atom stereocenters. The van der Waals surface area contributed by atoms with Crippen LogP contribution >= 0.6 is 27.5 Å². The third kappa shape index (κ3) is 5.26. The fourth-order valence-corrected chi connectivity index (χ4v) is 4.46. The van der Waals surface area contributed by atoms with Crippen LogP contribution in [0.4, 0.5) is 0 Å². The van der Waals surface area contributed by atoms with Crippen LogP contribution < -0.4 is 18.9 Å². The molecular weight excluding hydrogens is 522 g/mol. The summed E-state index contributed by atoms with van der Waals surface area (Å²) >= 11 is 9.92. The van der Waals surface area contributed by atoms with Gasteiger partial charge in [-0.2, -0.15) is 0 Å². The average Bonchev–Trinajstić information content (AvgIpc) is 3.65. The van der Waals surface area contributed by atoms with Crippen molar-refractivity contribution in [3.63, 3.8) is 0 Å². The zero-order valence-electron chi connectivity index (χ0n) is 18.6. The zero-order valence-corrected chi connectivity index (χ0v) is 21.0. The van der Waals surface area contributed by atoms with Crippen LogP contribution in [0.15, 0.2) is 36.5 Å². The van der Waals surface area contributed by atoms with Crippen LogP contribution in [0.25, 0.3) is 10.9 Å². The van der Waals surface area contributed by atoms with Gasteiger partial charge in [0.05, 0.1) is 17.5 Å². The molecule has 2 aromatic carbocycles. The van der Waals surface area contributed by atoms with E-state index in [0.717, 1.165) is 30.2 Å². The first-order chi connectivity index (χ1) is 16.6. The molecule has 6 nitrogen and oxygen atoms in total. The molecule has 2 heterocycles. The van der Waals surface area contributed by atoms with Crippen LogP contribution in [-0.2, 0) is 11.2 Å². The smallest absolute Gasteiger partial charge is 0.204 e. The highest BCUT2D eigenvalue weighted by Crippen LogP contribution is 2.48. The Balaban J connectivity index is 1.42. The Bertz CT molecular complexity index is 1210. The minimum absolute atomic E-state index is 0.233. The van der Waals surface area contributed by atoms with Gasteiger partial charge in [0.15, 0.2) is 11.5 Å². The fourth-order valence-electron chi connectivity index (χ4n) is 3.99. The standard InChI is InChI=1S/C26H25BrClNO5/c27-7-1-9-31-23-15-21-24(26-25(23)32-10-11-33-26)22(6-8-29-21)34-19-5-4-17(20(28)14-19)13-18(30)12-16-2-3-16/h4-6,8,14-16H,1-3,7,9-13H2. The number of ketones is 1. The molecule has 1 saturated carbocycles. The van der Waals surface area contributed by atoms with Crippen molar-refractivity contribution < 1.29 is 23.7 Å². The van der Waals surface area contributed by atoms with Gasteiger partial charge < -0.3 is 18.9 Å². The number of halogens is 2. The minimum atomic E-state index is 0.233. The summed E-state index contributed by atoms with van der Waals surface area (Å²) in [5.41, 5.74) is 1.50. The summed E-state index contributed by atoms with van der Waals surface area (Å²) in [7, 11) is 0. The molecule has 8 heteroatoms. The van der Waals surface area contributed by atoms with E-state index in [-0.39, 0.29) is 5.78 Å². The van der Waals surface area contributed by atoms with Gasteiger partial charge in [0.1, 0.15) is 30.5 Å². The van der Waals surface area contributed by atoms with E-state index < -0.39 is 0 Å². The van der Waals surface area contributed by atoms with Crippen LogP contribution in [-0.4, -0.2) is 35.9 Å². The van der Waals surface area contributed by atoms with Gasteiger partial charge in [-0.05, 0) is 48.9 Å². The number of hydrogen-bond donors (Lipinski definition) is 0. The number of alkyl halides is 1. The first kappa shape index (κ1) is 23.2. The Hall–Kier alpha value is -2.51. The Kier molecular flexibility index (Phi) is 7.11. The summed E-state index contributed by atoms with van der Waals surface area (Å²) in [5.74, 6) is 3.68. The number of fused-ring (bicyclic) bond motifs is 3. The van der Waals surface area contributed by atoms with Gasteiger partial charge in [0, 0.05) is 35.5 Å². The van der Waals surface area contributed by atoms with E-state index in [0.29, 0.717) is 83.3 Å². The second-order valence-corrected chi connectivity index (χ2v) is 9.74. The van der Waals surface area contributed by atoms with Crippen molar-refractivity contribution in [2.75, 3.05) is 25.2 Å². The highest BCUT2D eigenvalue weighted by molar-refractivity contribution is 9.09. The predicted molar refractivity (Wildman–Crippen MR) is 134 cm³/mol. The lowest BCUT2D eigenvalue weighted by atomic mass is 10.0. The van der Waals surface area contributed by atoms with Gasteiger partial charge in [-0.25, -0.2) is 0 Å². The summed E-state index contributed by atoms with van der Waals surface area (Å²) in [4.78, 5) is 16.8. The molecule has 5 rings (SSSR count). The number of nitrogens with zero attached hydrogens (tertiary/aromatic N) is 1. The van der Waals surface area contributed by atoms with Crippen molar-refractivity contribution >= 4 is 44.2 Å². The predicted octanol–water partition coefficient (Wildman–Crippen LogP) is 6.53. The maximum Gasteiger partial charge on any atom is 0.204 e. The van der Waals surface area contributed by atoms with Crippen LogP contribution in [0.1, 0.15) is 31.2 Å². The van der Waals surface area contributed by atoms with Crippen LogP contribution in [0.2, 0.25) is 5.02 Å². The highest BCUT2D eigenvalue weighted by Gasteiger charge is 2.26. The van der Waals surface area contributed by atoms with Gasteiger partial charge in [-0.15, -0.1) is 0 Å². The monoisotopic (exact) mass is 545 g/mol. The number of hydrogen-bond acceptors (Lipinski definition) is 6. The molecular formula is C26H25BrClNO5. The number of aromatic nitrogens is 1. The third-order valence-electron chi connectivity index (χ3n) is 5.83. The molecule has 1 aromatic heterocycles. The molecule has 0 bridgehead atoms. The summed E-state index contributed by atoms with van der Waals surface area (Å²) in [6, 6.07) is 9.07. The number of benzene rings is 2. The van der Waals surface area contributed by atoms with E-state index in [1.54, 1.807) is 18.3 Å². The summed E-state index contributed by atoms with van der Waals surface area (Å²) < 4.78 is 24.0. The molecule has 0 radical (unpaired) electrons. The molecule has 34 heavy (non-hydrogen) atoms. The van der Waals surface area contributed by atoms with Gasteiger partial charge in [-0.3, -0.25) is 9.78 Å². The molecule has 0 amide bonds. The van der Waals surface area contributed by atoms with Crippen LogP contribution in [0.5, 0.6) is 28.7 Å². The van der Waals surface area contributed by atoms with Gasteiger partial charge in [0.2, 0.25) is 5.75 Å². The van der Waals surface area contributed by atoms with E-state index in [1.165, 1.54) is 0 Å². The molecule has 0 spiro atoms. The minimum Gasteiger partial charge on any atom is -0.489 e. The summed E-state index contributed by atoms with van der Waals surface area (Å²) in [6.45, 7) is 1.42. The van der Waals surface area contributed by atoms with Gasteiger partial charge in [-0.1, -0.05) is 33.6 Å². The SMILES string of the molecule is O=C(Cc1ccc(Oc2ccnc3cc(OCCCBr)c4c(c23)OCCO4)cc1Cl)CC1CC1. The van der Waals surface area contributed by atoms with Crippen molar-refractivity contribution in [1.29, 1.82) is 0 Å². The van der Waals surface area contributed by atoms with Crippen molar-refractivity contribution in [3.8, 4) is 28.7 Å². The van der Waals surface area contributed by atoms with E-state index in [2.05, 4.69) is 20.9 Å². The fraction of sp³-hybridized carbons (Fsp3) is 0.385. The van der Waals surface area contributed by atoms with E-state index in [4.69, 9.17) is 30.5 Å². The molecule has 1 aliphatic heterocycles. The topological polar surface area (TPSA) is 66.9 Å². The maximum atomic E-state index is 12.2. The number of carbonyl (C=O) groups excluding carboxylic acids is 1. The number of pyridine rings is 1. The Morgan fingerprint density at radius 2 is 1.94 bits per heavy atom. The van der Waals surface area contributed by atoms with Crippen LogP contribution in [0.3, 0.4) is 0 Å². The Morgan fingerprint density at radius 3 is 2.71 bits per heavy atom. The first-order valence-electron chi connectivity index (χ1n) is 11.5. The molecule has 0 atom stereocenters. The quantitative estimate of drug-likeness (QED) is 0.213. The van der Waals surface area contributed by atoms with E-state index in [1.807, 2.05) is 18.2 Å². The Morgan fingerprint density at radius 1 is 1.12 bits per heavy atom. The second kappa shape index (κ2) is 10.4. The molecule has 2 aliphatic rings. The normalized spacial score (nSPS) is 14.8. The molecule has 1 fully saturated rings. The lowest BCUT2D eigenvalue weighted by Crippen LogP contribution is -2.17. The molecule has 1 aliphatic carbocycles. The van der Waals surface area contributed by atoms with Crippen LogP contribution in [0, 0.1) is 5.92 Å². The number of rotatable bonds is 10. The molecule has 0 saturated heterocycles. The molecule has 3 aromatic rings. The summed E-state index contributed by atoms with van der Waals surface area (Å²) in [5, 5.41) is 2.08. The maximum absolute atomic E-state index is 12.2. The van der Waals surface area contributed by atoms with Gasteiger partial charge in [0.25, 0.3) is 0 Å². The largest absolute Gasteiger partial charge is 0.489 e. The number of Topliss-reactive ketones (excluding diaryl/α,β-unsaturated/α-hetero) is 1. The summed E-state index contributed by atoms with van der Waals surface area (Å²) in [6.07, 6.45) is 5.87. The molecule has 178 valence electrons. The van der Waals surface area contributed by atoms with E-state index >= 15 is 0 Å². The second-order valence-electron chi connectivity index (χ2n) is 8.54.